The molecule has 0 bridgehead atoms. The maximum Gasteiger partial charge on any atom is 0.335 e. The van der Waals surface area contributed by atoms with Crippen molar-refractivity contribution in [3.8, 4) is 0 Å². The van der Waals surface area contributed by atoms with Gasteiger partial charge in [-0.2, -0.15) is 0 Å². The fraction of sp³-hybridized carbons (Fsp3) is 0.625. The molecule has 2 N–H and O–H groups in total. The Labute approximate surface area is 127 Å². The fourth-order valence-corrected chi connectivity index (χ4v) is 2.27. The molecular formula is C16H27N3O2. The number of aromatic nitrogens is 1. The van der Waals surface area contributed by atoms with Crippen LogP contribution in [0.25, 0.3) is 0 Å². The van der Waals surface area contributed by atoms with Crippen molar-refractivity contribution in [1.29, 1.82) is 0 Å². The van der Waals surface area contributed by atoms with Crippen molar-refractivity contribution in [3.05, 3.63) is 23.4 Å². The van der Waals surface area contributed by atoms with Crippen molar-refractivity contribution in [2.45, 2.75) is 40.0 Å². The third-order valence-corrected chi connectivity index (χ3v) is 3.35. The smallest absolute Gasteiger partial charge is 0.335 e. The number of nitrogens with zero attached hydrogens (tertiary/aromatic N) is 2. The molecule has 1 heterocycles. The largest absolute Gasteiger partial charge is 0.478 e. The van der Waals surface area contributed by atoms with Crippen LogP contribution in [0.3, 0.4) is 0 Å². The number of carboxylic acid groups (broad SMARTS) is 1. The zero-order valence-corrected chi connectivity index (χ0v) is 13.4. The molecule has 0 unspecified atom stereocenters. The van der Waals surface area contributed by atoms with E-state index >= 15 is 0 Å². The van der Waals surface area contributed by atoms with Crippen molar-refractivity contribution >= 4 is 11.8 Å². The average Bonchev–Trinajstić information content (AvgIpc) is 2.46. The molecule has 0 aliphatic carbocycles. The van der Waals surface area contributed by atoms with Gasteiger partial charge in [-0.25, -0.2) is 9.78 Å². The number of hydrogen-bond donors (Lipinski definition) is 2. The molecule has 21 heavy (non-hydrogen) atoms. The number of rotatable bonds is 10. The molecule has 0 atom stereocenters. The van der Waals surface area contributed by atoms with Gasteiger partial charge in [0.05, 0.1) is 5.56 Å². The van der Waals surface area contributed by atoms with Crippen LogP contribution in [0.15, 0.2) is 12.1 Å². The van der Waals surface area contributed by atoms with Crippen LogP contribution in [0.2, 0.25) is 0 Å². The molecule has 0 saturated carbocycles. The summed E-state index contributed by atoms with van der Waals surface area (Å²) in [6.45, 7) is 10.2. The van der Waals surface area contributed by atoms with Crippen molar-refractivity contribution in [2.24, 2.45) is 0 Å². The molecule has 5 nitrogen and oxygen atoms in total. The topological polar surface area (TPSA) is 65.5 Å². The molecule has 1 aromatic rings. The number of aryl methyl sites for hydroxylation is 1. The molecule has 0 fully saturated rings. The summed E-state index contributed by atoms with van der Waals surface area (Å²) in [5.74, 6) is -0.245. The summed E-state index contributed by atoms with van der Waals surface area (Å²) in [6, 6.07) is 3.27. The fourth-order valence-electron chi connectivity index (χ4n) is 2.27. The quantitative estimate of drug-likeness (QED) is 0.694. The third kappa shape index (κ3) is 6.12. The molecule has 0 aliphatic heterocycles. The van der Waals surface area contributed by atoms with Crippen LogP contribution in [0.5, 0.6) is 0 Å². The van der Waals surface area contributed by atoms with Gasteiger partial charge in [0.1, 0.15) is 5.82 Å². The van der Waals surface area contributed by atoms with E-state index in [1.54, 1.807) is 12.1 Å². The van der Waals surface area contributed by atoms with E-state index in [2.05, 4.69) is 36.0 Å². The van der Waals surface area contributed by atoms with Gasteiger partial charge in [-0.1, -0.05) is 27.2 Å². The summed E-state index contributed by atoms with van der Waals surface area (Å²) in [6.07, 6.45) is 2.89. The zero-order valence-electron chi connectivity index (χ0n) is 13.4. The van der Waals surface area contributed by atoms with Gasteiger partial charge < -0.3 is 15.3 Å². The van der Waals surface area contributed by atoms with E-state index in [1.165, 1.54) is 0 Å². The van der Waals surface area contributed by atoms with Gasteiger partial charge in [-0.05, 0) is 38.1 Å². The second-order valence-corrected chi connectivity index (χ2v) is 5.15. The van der Waals surface area contributed by atoms with Gasteiger partial charge in [-0.3, -0.25) is 0 Å². The molecule has 0 saturated heterocycles. The maximum atomic E-state index is 11.2. The van der Waals surface area contributed by atoms with Crippen LogP contribution in [0, 0.1) is 0 Å². The Morgan fingerprint density at radius 1 is 1.24 bits per heavy atom. The van der Waals surface area contributed by atoms with E-state index in [4.69, 9.17) is 5.11 Å². The Bertz CT molecular complexity index is 449. The first kappa shape index (κ1) is 17.4. The zero-order chi connectivity index (χ0) is 15.7. The Balaban J connectivity index is 2.66. The molecule has 1 aromatic heterocycles. The number of carboxylic acids is 1. The van der Waals surface area contributed by atoms with E-state index in [9.17, 15) is 4.79 Å². The number of aromatic carboxylic acids is 1. The molecule has 0 amide bonds. The van der Waals surface area contributed by atoms with Gasteiger partial charge in [-0.15, -0.1) is 0 Å². The monoisotopic (exact) mass is 293 g/mol. The lowest BCUT2D eigenvalue weighted by Gasteiger charge is -2.19. The first-order chi connectivity index (χ1) is 10.1. The van der Waals surface area contributed by atoms with Crippen LogP contribution in [-0.4, -0.2) is 47.1 Å². The molecule has 0 aliphatic rings. The maximum absolute atomic E-state index is 11.2. The van der Waals surface area contributed by atoms with Crippen LogP contribution < -0.4 is 5.32 Å². The lowest BCUT2D eigenvalue weighted by atomic mass is 10.1. The van der Waals surface area contributed by atoms with Gasteiger partial charge >= 0.3 is 5.97 Å². The van der Waals surface area contributed by atoms with Crippen LogP contribution in [0.4, 0.5) is 5.82 Å². The second-order valence-electron chi connectivity index (χ2n) is 5.15. The molecule has 0 radical (unpaired) electrons. The minimum Gasteiger partial charge on any atom is -0.478 e. The summed E-state index contributed by atoms with van der Waals surface area (Å²) >= 11 is 0. The molecule has 0 aromatic carbocycles. The number of hydrogen-bond acceptors (Lipinski definition) is 4. The summed E-state index contributed by atoms with van der Waals surface area (Å²) in [5, 5.41) is 12.4. The predicted molar refractivity (Wildman–Crippen MR) is 86.1 cm³/mol. The van der Waals surface area contributed by atoms with E-state index in [0.29, 0.717) is 11.4 Å². The normalized spacial score (nSPS) is 10.9. The van der Waals surface area contributed by atoms with Crippen molar-refractivity contribution in [3.63, 3.8) is 0 Å². The molecule has 0 spiro atoms. The highest BCUT2D eigenvalue weighted by Gasteiger charge is 2.08. The Morgan fingerprint density at radius 3 is 2.57 bits per heavy atom. The van der Waals surface area contributed by atoms with Gasteiger partial charge in [0.2, 0.25) is 0 Å². The first-order valence-electron chi connectivity index (χ1n) is 7.81. The van der Waals surface area contributed by atoms with E-state index in [0.717, 1.165) is 51.1 Å². The number of carbonyl (C=O) groups is 1. The standard InChI is InChI=1S/C16H27N3O2/c1-4-7-14-11-13(16(20)21)12-15(18-14)17-8-10-19(6-3)9-5-2/h11-12H,4-10H2,1-3H3,(H,17,18)(H,20,21). The second kappa shape index (κ2) is 9.34. The molecule has 5 heteroatoms. The lowest BCUT2D eigenvalue weighted by molar-refractivity contribution is 0.0696. The van der Waals surface area contributed by atoms with Crippen molar-refractivity contribution in [1.82, 2.24) is 9.88 Å². The Morgan fingerprint density at radius 2 is 2.00 bits per heavy atom. The number of anilines is 1. The minimum atomic E-state index is -0.904. The SMILES string of the molecule is CCCc1cc(C(=O)O)cc(NCCN(CC)CCC)n1. The lowest BCUT2D eigenvalue weighted by Crippen LogP contribution is -2.29. The van der Waals surface area contributed by atoms with Crippen molar-refractivity contribution in [2.75, 3.05) is 31.5 Å². The Hall–Kier alpha value is -1.62. The number of pyridine rings is 1. The third-order valence-electron chi connectivity index (χ3n) is 3.35. The summed E-state index contributed by atoms with van der Waals surface area (Å²) in [7, 11) is 0. The highest BCUT2D eigenvalue weighted by molar-refractivity contribution is 5.88. The van der Waals surface area contributed by atoms with E-state index in [1.807, 2.05) is 0 Å². The van der Waals surface area contributed by atoms with Gasteiger partial charge in [0.15, 0.2) is 0 Å². The van der Waals surface area contributed by atoms with Crippen molar-refractivity contribution < 1.29 is 9.90 Å². The highest BCUT2D eigenvalue weighted by Crippen LogP contribution is 2.12. The molecule has 1 rings (SSSR count). The predicted octanol–water partition coefficient (Wildman–Crippen LogP) is 2.88. The first-order valence-corrected chi connectivity index (χ1v) is 7.81. The van der Waals surface area contributed by atoms with E-state index < -0.39 is 5.97 Å². The van der Waals surface area contributed by atoms with Crippen LogP contribution >= 0.6 is 0 Å². The number of likely N-dealkylation sites (N-methyl/N-ethyl adjacent to an activating group) is 1. The van der Waals surface area contributed by atoms with Gasteiger partial charge in [0.25, 0.3) is 0 Å². The van der Waals surface area contributed by atoms with Crippen LogP contribution in [0.1, 0.15) is 49.7 Å². The summed E-state index contributed by atoms with van der Waals surface area (Å²) < 4.78 is 0. The highest BCUT2D eigenvalue weighted by atomic mass is 16.4. The average molecular weight is 293 g/mol. The minimum absolute atomic E-state index is 0.303. The Kier molecular flexibility index (Phi) is 7.75. The molecule has 118 valence electrons. The number of nitrogens with one attached hydrogen (secondary N) is 1. The van der Waals surface area contributed by atoms with E-state index in [-0.39, 0.29) is 0 Å². The summed E-state index contributed by atoms with van der Waals surface area (Å²) in [5.41, 5.74) is 1.14. The van der Waals surface area contributed by atoms with Gasteiger partial charge in [0, 0.05) is 18.8 Å². The summed E-state index contributed by atoms with van der Waals surface area (Å²) in [4.78, 5) is 18.0. The van der Waals surface area contributed by atoms with Crippen LogP contribution in [-0.2, 0) is 6.42 Å². The molecular weight excluding hydrogens is 266 g/mol.